The van der Waals surface area contributed by atoms with E-state index in [0.29, 0.717) is 23.9 Å². The molecule has 1 saturated carbocycles. The van der Waals surface area contributed by atoms with Crippen LogP contribution in [0.1, 0.15) is 45.6 Å². The van der Waals surface area contributed by atoms with Gasteiger partial charge in [-0.05, 0) is 48.8 Å². The van der Waals surface area contributed by atoms with E-state index in [1.165, 1.54) is 25.3 Å². The molecule has 3 heteroatoms. The lowest BCUT2D eigenvalue weighted by Gasteiger charge is -2.39. The largest absolute Gasteiger partial charge is 0.310 e. The molecule has 2 unspecified atom stereocenters. The van der Waals surface area contributed by atoms with Crippen LogP contribution in [0.25, 0.3) is 0 Å². The van der Waals surface area contributed by atoms with E-state index in [1.54, 1.807) is 6.07 Å². The van der Waals surface area contributed by atoms with Crippen LogP contribution in [0.2, 0.25) is 0 Å². The van der Waals surface area contributed by atoms with Gasteiger partial charge in [-0.25, -0.2) is 4.39 Å². The Balaban J connectivity index is 1.94. The van der Waals surface area contributed by atoms with Gasteiger partial charge in [-0.1, -0.05) is 36.7 Å². The van der Waals surface area contributed by atoms with Gasteiger partial charge < -0.3 is 5.32 Å². The highest BCUT2D eigenvalue weighted by molar-refractivity contribution is 9.10. The first-order valence-electron chi connectivity index (χ1n) is 7.05. The van der Waals surface area contributed by atoms with Crippen molar-refractivity contribution < 1.29 is 4.39 Å². The Hall–Kier alpha value is -0.410. The zero-order valence-corrected chi connectivity index (χ0v) is 13.6. The van der Waals surface area contributed by atoms with Crippen LogP contribution in [-0.4, -0.2) is 6.04 Å². The quantitative estimate of drug-likeness (QED) is 0.833. The van der Waals surface area contributed by atoms with Gasteiger partial charge in [0.2, 0.25) is 0 Å². The molecule has 1 aromatic rings. The monoisotopic (exact) mass is 327 g/mol. The summed E-state index contributed by atoms with van der Waals surface area (Å²) in [5.41, 5.74) is 1.20. The summed E-state index contributed by atoms with van der Waals surface area (Å²) in [6.45, 7) is 7.60. The highest BCUT2D eigenvalue weighted by Crippen LogP contribution is 2.38. The van der Waals surface area contributed by atoms with E-state index in [-0.39, 0.29) is 5.82 Å². The Morgan fingerprint density at radius 1 is 1.42 bits per heavy atom. The van der Waals surface area contributed by atoms with E-state index in [2.05, 4.69) is 42.0 Å². The second-order valence-electron chi connectivity index (χ2n) is 6.61. The predicted octanol–water partition coefficient (Wildman–Crippen LogP) is 4.89. The summed E-state index contributed by atoms with van der Waals surface area (Å²) in [4.78, 5) is 0. The summed E-state index contributed by atoms with van der Waals surface area (Å²) >= 11 is 3.39. The van der Waals surface area contributed by atoms with Gasteiger partial charge in [0.05, 0.1) is 0 Å². The summed E-state index contributed by atoms with van der Waals surface area (Å²) < 4.78 is 14.6. The van der Waals surface area contributed by atoms with Gasteiger partial charge in [-0.15, -0.1) is 0 Å². The van der Waals surface area contributed by atoms with E-state index in [9.17, 15) is 4.39 Å². The molecular formula is C16H23BrFN. The zero-order chi connectivity index (χ0) is 14.0. The first kappa shape index (κ1) is 15.0. The first-order chi connectivity index (χ1) is 8.87. The molecule has 0 saturated heterocycles. The van der Waals surface area contributed by atoms with Crippen LogP contribution in [0, 0.1) is 17.2 Å². The summed E-state index contributed by atoms with van der Waals surface area (Å²) in [6.07, 6.45) is 3.67. The van der Waals surface area contributed by atoms with Gasteiger partial charge in [0.15, 0.2) is 0 Å². The lowest BCUT2D eigenvalue weighted by atomic mass is 9.70. The van der Waals surface area contributed by atoms with Crippen molar-refractivity contribution in [2.75, 3.05) is 0 Å². The summed E-state index contributed by atoms with van der Waals surface area (Å²) in [7, 11) is 0. The van der Waals surface area contributed by atoms with Gasteiger partial charge in [0.25, 0.3) is 0 Å². The van der Waals surface area contributed by atoms with Crippen LogP contribution >= 0.6 is 15.9 Å². The van der Waals surface area contributed by atoms with E-state index in [4.69, 9.17) is 0 Å². The fourth-order valence-electron chi connectivity index (χ4n) is 3.17. The minimum Gasteiger partial charge on any atom is -0.310 e. The topological polar surface area (TPSA) is 12.0 Å². The van der Waals surface area contributed by atoms with Crippen molar-refractivity contribution in [2.45, 2.75) is 52.6 Å². The molecule has 0 heterocycles. The van der Waals surface area contributed by atoms with Crippen LogP contribution in [-0.2, 0) is 6.54 Å². The van der Waals surface area contributed by atoms with Gasteiger partial charge in [0, 0.05) is 22.6 Å². The molecule has 0 amide bonds. The van der Waals surface area contributed by atoms with Gasteiger partial charge in [-0.3, -0.25) is 0 Å². The van der Waals surface area contributed by atoms with Gasteiger partial charge in [-0.2, -0.15) is 0 Å². The lowest BCUT2D eigenvalue weighted by Crippen LogP contribution is -2.41. The molecule has 1 fully saturated rings. The maximum Gasteiger partial charge on any atom is 0.127 e. The smallest absolute Gasteiger partial charge is 0.127 e. The molecule has 0 aliphatic heterocycles. The Morgan fingerprint density at radius 2 is 2.16 bits per heavy atom. The maximum absolute atomic E-state index is 13.7. The lowest BCUT2D eigenvalue weighted by molar-refractivity contribution is 0.148. The minimum absolute atomic E-state index is 0.125. The SMILES string of the molecule is CC1CC(C)(C)CCC1NCc1cc(Br)ccc1F. The standard InChI is InChI=1S/C16H23BrFN/c1-11-9-16(2,3)7-6-15(11)19-10-12-8-13(17)4-5-14(12)18/h4-5,8,11,15,19H,6-7,9-10H2,1-3H3. The van der Waals surface area contributed by atoms with Crippen molar-refractivity contribution in [3.8, 4) is 0 Å². The van der Waals surface area contributed by atoms with E-state index < -0.39 is 0 Å². The molecule has 1 aliphatic rings. The van der Waals surface area contributed by atoms with E-state index in [1.807, 2.05) is 6.07 Å². The molecule has 2 atom stereocenters. The molecule has 0 aromatic heterocycles. The van der Waals surface area contributed by atoms with Crippen molar-refractivity contribution in [3.63, 3.8) is 0 Å². The van der Waals surface area contributed by atoms with Crippen LogP contribution in [0.3, 0.4) is 0 Å². The van der Waals surface area contributed by atoms with E-state index in [0.717, 1.165) is 10.0 Å². The molecule has 0 bridgehead atoms. The molecule has 19 heavy (non-hydrogen) atoms. The molecule has 1 N–H and O–H groups in total. The van der Waals surface area contributed by atoms with Crippen LogP contribution in [0.4, 0.5) is 4.39 Å². The van der Waals surface area contributed by atoms with Crippen LogP contribution < -0.4 is 5.32 Å². The van der Waals surface area contributed by atoms with Gasteiger partial charge >= 0.3 is 0 Å². The Labute approximate surface area is 124 Å². The van der Waals surface area contributed by atoms with E-state index >= 15 is 0 Å². The summed E-state index contributed by atoms with van der Waals surface area (Å²) in [6, 6.07) is 5.63. The highest BCUT2D eigenvalue weighted by Gasteiger charge is 2.31. The fourth-order valence-corrected chi connectivity index (χ4v) is 3.58. The molecule has 2 rings (SSSR count). The average Bonchev–Trinajstić information content (AvgIpc) is 2.31. The minimum atomic E-state index is -0.125. The number of nitrogens with one attached hydrogen (secondary N) is 1. The molecule has 1 nitrogen and oxygen atoms in total. The fraction of sp³-hybridized carbons (Fsp3) is 0.625. The Bertz CT molecular complexity index is 444. The predicted molar refractivity (Wildman–Crippen MR) is 81.5 cm³/mol. The highest BCUT2D eigenvalue weighted by atomic mass is 79.9. The van der Waals surface area contributed by atoms with Gasteiger partial charge in [0.1, 0.15) is 5.82 Å². The number of hydrogen-bond acceptors (Lipinski definition) is 1. The second-order valence-corrected chi connectivity index (χ2v) is 7.52. The molecule has 0 radical (unpaired) electrons. The van der Waals surface area contributed by atoms with Crippen molar-refractivity contribution >= 4 is 15.9 Å². The number of rotatable bonds is 3. The summed E-state index contributed by atoms with van der Waals surface area (Å²) in [5, 5.41) is 3.53. The third-order valence-corrected chi connectivity index (χ3v) is 4.75. The number of halogens is 2. The number of benzene rings is 1. The van der Waals surface area contributed by atoms with Crippen molar-refractivity contribution in [2.24, 2.45) is 11.3 Å². The Morgan fingerprint density at radius 3 is 2.84 bits per heavy atom. The molecule has 106 valence electrons. The molecule has 1 aliphatic carbocycles. The van der Waals surface area contributed by atoms with Crippen LogP contribution in [0.5, 0.6) is 0 Å². The number of hydrogen-bond donors (Lipinski definition) is 1. The molecule has 0 spiro atoms. The third-order valence-electron chi connectivity index (χ3n) is 4.26. The third kappa shape index (κ3) is 4.03. The normalized spacial score (nSPS) is 26.4. The maximum atomic E-state index is 13.7. The second kappa shape index (κ2) is 5.92. The average molecular weight is 328 g/mol. The van der Waals surface area contributed by atoms with Crippen LogP contribution in [0.15, 0.2) is 22.7 Å². The van der Waals surface area contributed by atoms with Crippen molar-refractivity contribution in [1.82, 2.24) is 5.32 Å². The molecule has 1 aromatic carbocycles. The zero-order valence-electron chi connectivity index (χ0n) is 12.0. The van der Waals surface area contributed by atoms with Crippen molar-refractivity contribution in [1.29, 1.82) is 0 Å². The Kier molecular flexibility index (Phi) is 4.67. The summed E-state index contributed by atoms with van der Waals surface area (Å²) in [5.74, 6) is 0.526. The first-order valence-corrected chi connectivity index (χ1v) is 7.84. The van der Waals surface area contributed by atoms with Crippen molar-refractivity contribution in [3.05, 3.63) is 34.1 Å². The molecular weight excluding hydrogens is 305 g/mol.